The molecule has 4 heteroatoms. The molecule has 0 N–H and O–H groups in total. The smallest absolute Gasteiger partial charge is 0.0885 e. The Kier molecular flexibility index (Phi) is 4.53. The van der Waals surface area contributed by atoms with E-state index in [0.29, 0.717) is 5.92 Å². The molecule has 0 spiro atoms. The lowest BCUT2D eigenvalue weighted by Crippen LogP contribution is -2.34. The zero-order chi connectivity index (χ0) is 17.4. The molecule has 2 heterocycles. The molecule has 0 aromatic heterocycles. The molecule has 0 bridgehead atoms. The van der Waals surface area contributed by atoms with Gasteiger partial charge in [-0.1, -0.05) is 29.8 Å². The van der Waals surface area contributed by atoms with Crippen molar-refractivity contribution in [3.63, 3.8) is 0 Å². The fourth-order valence-electron chi connectivity index (χ4n) is 3.99. The summed E-state index contributed by atoms with van der Waals surface area (Å²) in [5, 5.41) is 0.743. The Morgan fingerprint density at radius 2 is 1.84 bits per heavy atom. The van der Waals surface area contributed by atoms with Crippen molar-refractivity contribution < 1.29 is 0 Å². The quantitative estimate of drug-likeness (QED) is 0.732. The van der Waals surface area contributed by atoms with Gasteiger partial charge in [-0.05, 0) is 64.2 Å². The Morgan fingerprint density at radius 1 is 1.08 bits per heavy atom. The average molecular weight is 354 g/mol. The molecule has 0 aliphatic carbocycles. The predicted molar refractivity (Wildman–Crippen MR) is 107 cm³/mol. The van der Waals surface area contributed by atoms with Gasteiger partial charge in [-0.2, -0.15) is 0 Å². The second-order valence-corrected chi connectivity index (χ2v) is 7.41. The number of para-hydroxylation sites is 1. The van der Waals surface area contributed by atoms with Crippen LogP contribution in [0.2, 0.25) is 5.02 Å². The first kappa shape index (κ1) is 16.6. The van der Waals surface area contributed by atoms with Gasteiger partial charge in [-0.3, -0.25) is 4.99 Å². The summed E-state index contributed by atoms with van der Waals surface area (Å²) < 4.78 is 0. The van der Waals surface area contributed by atoms with Gasteiger partial charge in [-0.25, -0.2) is 0 Å². The van der Waals surface area contributed by atoms with Gasteiger partial charge in [0, 0.05) is 23.0 Å². The molecule has 1 fully saturated rings. The molecule has 130 valence electrons. The summed E-state index contributed by atoms with van der Waals surface area (Å²) in [4.78, 5) is 9.92. The third-order valence-corrected chi connectivity index (χ3v) is 5.60. The van der Waals surface area contributed by atoms with E-state index in [1.165, 1.54) is 17.0 Å². The number of nitrogens with zero attached hydrogens (tertiary/aromatic N) is 3. The number of piperidine rings is 1. The Labute approximate surface area is 154 Å². The lowest BCUT2D eigenvalue weighted by Gasteiger charge is -2.30. The molecule has 2 aliphatic rings. The number of benzene rings is 2. The van der Waals surface area contributed by atoms with Crippen molar-refractivity contribution in [1.29, 1.82) is 0 Å². The highest BCUT2D eigenvalue weighted by Crippen LogP contribution is 2.42. The van der Waals surface area contributed by atoms with Crippen molar-refractivity contribution in [2.45, 2.75) is 19.8 Å². The van der Waals surface area contributed by atoms with Gasteiger partial charge in [0.1, 0.15) is 0 Å². The van der Waals surface area contributed by atoms with E-state index in [9.17, 15) is 0 Å². The van der Waals surface area contributed by atoms with E-state index in [1.54, 1.807) is 0 Å². The summed E-state index contributed by atoms with van der Waals surface area (Å²) in [6.07, 6.45) is 2.32. The maximum absolute atomic E-state index is 6.29. The standard InChI is InChI=1S/C21H24ClN3/c1-3-25-19-7-5-4-6-17(19)21(15-10-12-24(2)13-11-15)23-18-14-16(22)8-9-20(18)25/h4-9,14-15H,3,10-13H2,1-2H3. The topological polar surface area (TPSA) is 18.8 Å². The second-order valence-electron chi connectivity index (χ2n) is 6.97. The van der Waals surface area contributed by atoms with E-state index in [0.717, 1.165) is 48.9 Å². The number of anilines is 2. The largest absolute Gasteiger partial charge is 0.339 e. The highest BCUT2D eigenvalue weighted by Gasteiger charge is 2.28. The van der Waals surface area contributed by atoms with E-state index < -0.39 is 0 Å². The van der Waals surface area contributed by atoms with E-state index >= 15 is 0 Å². The molecule has 2 aromatic rings. The van der Waals surface area contributed by atoms with E-state index in [2.05, 4.69) is 54.1 Å². The van der Waals surface area contributed by atoms with Crippen molar-refractivity contribution >= 4 is 34.4 Å². The molecule has 0 amide bonds. The first-order chi connectivity index (χ1) is 12.2. The minimum atomic E-state index is 0.501. The number of fused-ring (bicyclic) bond motifs is 2. The maximum atomic E-state index is 6.29. The molecule has 0 radical (unpaired) electrons. The summed E-state index contributed by atoms with van der Waals surface area (Å²) in [6.45, 7) is 5.36. The number of rotatable bonds is 2. The van der Waals surface area contributed by atoms with Crippen LogP contribution in [0.5, 0.6) is 0 Å². The minimum Gasteiger partial charge on any atom is -0.339 e. The second kappa shape index (κ2) is 6.81. The van der Waals surface area contributed by atoms with E-state index in [1.807, 2.05) is 12.1 Å². The fraction of sp³-hybridized carbons (Fsp3) is 0.381. The van der Waals surface area contributed by atoms with Crippen LogP contribution in [0.4, 0.5) is 17.1 Å². The van der Waals surface area contributed by atoms with Gasteiger partial charge in [0.2, 0.25) is 0 Å². The first-order valence-electron chi connectivity index (χ1n) is 9.11. The molecule has 2 aliphatic heterocycles. The van der Waals surface area contributed by atoms with Crippen molar-refractivity contribution in [2.75, 3.05) is 31.6 Å². The fourth-order valence-corrected chi connectivity index (χ4v) is 4.16. The Hall–Kier alpha value is -1.84. The van der Waals surface area contributed by atoms with Crippen LogP contribution in [-0.4, -0.2) is 37.3 Å². The molecule has 1 saturated heterocycles. The van der Waals surface area contributed by atoms with Gasteiger partial charge in [0.05, 0.1) is 22.8 Å². The monoisotopic (exact) mass is 353 g/mol. The summed E-state index contributed by atoms with van der Waals surface area (Å²) in [5.41, 5.74) is 5.87. The molecule has 0 saturated carbocycles. The van der Waals surface area contributed by atoms with E-state index in [4.69, 9.17) is 16.6 Å². The third kappa shape index (κ3) is 3.07. The summed E-state index contributed by atoms with van der Waals surface area (Å²) >= 11 is 6.29. The third-order valence-electron chi connectivity index (χ3n) is 5.36. The van der Waals surface area contributed by atoms with Crippen LogP contribution in [0.1, 0.15) is 25.3 Å². The maximum Gasteiger partial charge on any atom is 0.0885 e. The molecule has 2 aromatic carbocycles. The summed E-state index contributed by atoms with van der Waals surface area (Å²) in [6, 6.07) is 14.7. The molecular weight excluding hydrogens is 330 g/mol. The van der Waals surface area contributed by atoms with Crippen molar-refractivity contribution in [1.82, 2.24) is 4.90 Å². The van der Waals surface area contributed by atoms with Crippen LogP contribution in [0.3, 0.4) is 0 Å². The Morgan fingerprint density at radius 3 is 2.60 bits per heavy atom. The highest BCUT2D eigenvalue weighted by atomic mass is 35.5. The van der Waals surface area contributed by atoms with Gasteiger partial charge >= 0.3 is 0 Å². The SMILES string of the molecule is CCN1c2ccc(Cl)cc2N=C(C2CCN(C)CC2)c2ccccc21. The van der Waals surface area contributed by atoms with Gasteiger partial charge in [-0.15, -0.1) is 0 Å². The highest BCUT2D eigenvalue weighted by molar-refractivity contribution is 6.31. The molecule has 0 unspecified atom stereocenters. The lowest BCUT2D eigenvalue weighted by atomic mass is 9.87. The van der Waals surface area contributed by atoms with E-state index in [-0.39, 0.29) is 0 Å². The van der Waals surface area contributed by atoms with Crippen LogP contribution in [0, 0.1) is 5.92 Å². The number of aliphatic imine (C=N–C) groups is 1. The first-order valence-corrected chi connectivity index (χ1v) is 9.48. The molecule has 3 nitrogen and oxygen atoms in total. The molecule has 4 rings (SSSR count). The zero-order valence-electron chi connectivity index (χ0n) is 14.9. The van der Waals surface area contributed by atoms with Crippen molar-refractivity contribution in [3.05, 3.63) is 53.1 Å². The van der Waals surface area contributed by atoms with Gasteiger partial charge in [0.15, 0.2) is 0 Å². The Bertz CT molecular complexity index is 807. The molecular formula is C21H24ClN3. The van der Waals surface area contributed by atoms with Crippen LogP contribution in [-0.2, 0) is 0 Å². The van der Waals surface area contributed by atoms with Gasteiger partial charge in [0.25, 0.3) is 0 Å². The average Bonchev–Trinajstić information content (AvgIpc) is 2.76. The normalized spacial score (nSPS) is 18.4. The molecule has 0 atom stereocenters. The summed E-state index contributed by atoms with van der Waals surface area (Å²) in [7, 11) is 2.20. The van der Waals surface area contributed by atoms with Crippen LogP contribution < -0.4 is 4.90 Å². The van der Waals surface area contributed by atoms with Crippen LogP contribution in [0.15, 0.2) is 47.5 Å². The Balaban J connectivity index is 1.89. The van der Waals surface area contributed by atoms with Gasteiger partial charge < -0.3 is 9.80 Å². The van der Waals surface area contributed by atoms with Crippen LogP contribution >= 0.6 is 11.6 Å². The molecule has 25 heavy (non-hydrogen) atoms. The summed E-state index contributed by atoms with van der Waals surface area (Å²) in [5.74, 6) is 0.501. The van der Waals surface area contributed by atoms with Crippen molar-refractivity contribution in [3.8, 4) is 0 Å². The number of likely N-dealkylation sites (tertiary alicyclic amines) is 1. The number of halogens is 1. The zero-order valence-corrected chi connectivity index (χ0v) is 15.6. The lowest BCUT2D eigenvalue weighted by molar-refractivity contribution is 0.252. The number of hydrogen-bond acceptors (Lipinski definition) is 3. The van der Waals surface area contributed by atoms with Crippen molar-refractivity contribution in [2.24, 2.45) is 10.9 Å². The number of hydrogen-bond donors (Lipinski definition) is 0. The van der Waals surface area contributed by atoms with Crippen LogP contribution in [0.25, 0.3) is 0 Å². The minimum absolute atomic E-state index is 0.501. The predicted octanol–water partition coefficient (Wildman–Crippen LogP) is 5.27.